The van der Waals surface area contributed by atoms with Crippen LogP contribution >= 0.6 is 0 Å². The highest BCUT2D eigenvalue weighted by molar-refractivity contribution is 6.01. The Balaban J connectivity index is 2.89. The molecule has 2 amide bonds. The molecule has 0 N–H and O–H groups in total. The van der Waals surface area contributed by atoms with Gasteiger partial charge in [-0.1, -0.05) is 26.8 Å². The molecule has 0 aliphatic carbocycles. The van der Waals surface area contributed by atoms with Gasteiger partial charge in [-0.2, -0.15) is 0 Å². The van der Waals surface area contributed by atoms with Crippen LogP contribution in [0.15, 0.2) is 12.2 Å². The average Bonchev–Trinajstić information content (AvgIpc) is 2.43. The summed E-state index contributed by atoms with van der Waals surface area (Å²) in [6.45, 7) is 10.6. The highest BCUT2D eigenvalue weighted by atomic mass is 16.2. The van der Waals surface area contributed by atoms with Crippen LogP contribution in [0, 0.1) is 5.92 Å². The van der Waals surface area contributed by atoms with Crippen LogP contribution in [0.2, 0.25) is 0 Å². The zero-order valence-corrected chi connectivity index (χ0v) is 11.4. The second kappa shape index (κ2) is 5.00. The molecule has 4 heteroatoms. The van der Waals surface area contributed by atoms with Gasteiger partial charge in [-0.3, -0.25) is 9.59 Å². The first kappa shape index (κ1) is 13.9. The molecule has 1 aliphatic heterocycles. The molecule has 0 spiro atoms. The Hall–Kier alpha value is -1.16. The summed E-state index contributed by atoms with van der Waals surface area (Å²) in [4.78, 5) is 23.9. The molecule has 1 aliphatic rings. The van der Waals surface area contributed by atoms with Gasteiger partial charge in [0.2, 0.25) is 5.91 Å². The summed E-state index contributed by atoms with van der Waals surface area (Å²) in [6.07, 6.45) is 3.70. The average molecular weight is 238 g/mol. The Kier molecular flexibility index (Phi) is 4.09. The summed E-state index contributed by atoms with van der Waals surface area (Å²) in [7, 11) is 0. The van der Waals surface area contributed by atoms with Crippen molar-refractivity contribution in [2.24, 2.45) is 5.92 Å². The lowest BCUT2D eigenvalue weighted by molar-refractivity contribution is -0.155. The molecule has 1 saturated heterocycles. The number of imide groups is 1. The number of nitrogens with zero attached hydrogens (tertiary/aromatic N) is 2. The van der Waals surface area contributed by atoms with Crippen molar-refractivity contribution in [3.63, 3.8) is 0 Å². The van der Waals surface area contributed by atoms with Crippen molar-refractivity contribution >= 4 is 11.8 Å². The summed E-state index contributed by atoms with van der Waals surface area (Å²) in [5.74, 6) is -0.0499. The van der Waals surface area contributed by atoms with Crippen LogP contribution in [0.1, 0.15) is 41.0 Å². The molecular formula is C13H22N2O2. The van der Waals surface area contributed by atoms with Gasteiger partial charge in [-0.15, -0.1) is 0 Å². The molecule has 0 radical (unpaired) electrons. The van der Waals surface area contributed by atoms with E-state index in [-0.39, 0.29) is 17.4 Å². The zero-order valence-electron chi connectivity index (χ0n) is 11.4. The van der Waals surface area contributed by atoms with E-state index in [4.69, 9.17) is 0 Å². The van der Waals surface area contributed by atoms with Crippen LogP contribution in [0.5, 0.6) is 0 Å². The molecule has 96 valence electrons. The van der Waals surface area contributed by atoms with Crippen molar-refractivity contribution in [3.05, 3.63) is 12.2 Å². The molecule has 0 aromatic carbocycles. The molecule has 0 saturated carbocycles. The van der Waals surface area contributed by atoms with E-state index in [1.54, 1.807) is 0 Å². The Labute approximate surface area is 103 Å². The lowest BCUT2D eigenvalue weighted by Crippen LogP contribution is -2.49. The van der Waals surface area contributed by atoms with E-state index in [2.05, 4.69) is 0 Å². The standard InChI is InChI=1S/C13H22N2O2/c1-6-14-13(4,5)9-12(17)15(14)11(16)8-7-10(2)3/h7-8,10H,6,9H2,1-5H3/b8-7+. The van der Waals surface area contributed by atoms with Gasteiger partial charge in [0.15, 0.2) is 0 Å². The molecule has 1 heterocycles. The summed E-state index contributed by atoms with van der Waals surface area (Å²) >= 11 is 0. The fourth-order valence-electron chi connectivity index (χ4n) is 2.10. The van der Waals surface area contributed by atoms with Crippen molar-refractivity contribution in [1.29, 1.82) is 0 Å². The van der Waals surface area contributed by atoms with E-state index in [1.165, 1.54) is 11.1 Å². The molecular weight excluding hydrogens is 216 g/mol. The first-order valence-corrected chi connectivity index (χ1v) is 6.12. The number of amides is 2. The lowest BCUT2D eigenvalue weighted by atomic mass is 10.0. The first-order chi connectivity index (χ1) is 7.79. The maximum Gasteiger partial charge on any atom is 0.267 e. The molecule has 1 rings (SSSR count). The summed E-state index contributed by atoms with van der Waals surface area (Å²) in [5.41, 5.74) is -0.271. The molecule has 0 atom stereocenters. The predicted octanol–water partition coefficient (Wildman–Crippen LogP) is 1.97. The molecule has 1 fully saturated rings. The smallest absolute Gasteiger partial charge is 0.267 e. The van der Waals surface area contributed by atoms with Crippen LogP contribution in [0.4, 0.5) is 0 Å². The zero-order chi connectivity index (χ0) is 13.2. The monoisotopic (exact) mass is 238 g/mol. The van der Waals surface area contributed by atoms with Crippen molar-refractivity contribution in [2.75, 3.05) is 6.54 Å². The van der Waals surface area contributed by atoms with E-state index in [0.29, 0.717) is 18.9 Å². The maximum atomic E-state index is 12.0. The predicted molar refractivity (Wildman–Crippen MR) is 66.9 cm³/mol. The fraction of sp³-hybridized carbons (Fsp3) is 0.692. The largest absolute Gasteiger partial charge is 0.273 e. The Morgan fingerprint density at radius 2 is 2.06 bits per heavy atom. The fourth-order valence-corrected chi connectivity index (χ4v) is 2.10. The Morgan fingerprint density at radius 3 is 2.53 bits per heavy atom. The van der Waals surface area contributed by atoms with Crippen molar-refractivity contribution < 1.29 is 9.59 Å². The number of hydrogen-bond donors (Lipinski definition) is 0. The van der Waals surface area contributed by atoms with E-state index >= 15 is 0 Å². The van der Waals surface area contributed by atoms with Crippen molar-refractivity contribution in [3.8, 4) is 0 Å². The van der Waals surface area contributed by atoms with Gasteiger partial charge in [-0.25, -0.2) is 10.0 Å². The van der Waals surface area contributed by atoms with Crippen LogP contribution in [0.25, 0.3) is 0 Å². The van der Waals surface area contributed by atoms with Gasteiger partial charge >= 0.3 is 0 Å². The summed E-state index contributed by atoms with van der Waals surface area (Å²) in [6, 6.07) is 0. The highest BCUT2D eigenvalue weighted by Gasteiger charge is 2.45. The quantitative estimate of drug-likeness (QED) is 0.706. The van der Waals surface area contributed by atoms with E-state index in [0.717, 1.165) is 0 Å². The SMILES string of the molecule is CCN1N(C(=O)/C=C/C(C)C)C(=O)CC1(C)C. The van der Waals surface area contributed by atoms with E-state index in [9.17, 15) is 9.59 Å². The maximum absolute atomic E-state index is 12.0. The molecule has 0 bridgehead atoms. The van der Waals surface area contributed by atoms with Crippen LogP contribution < -0.4 is 0 Å². The van der Waals surface area contributed by atoms with Gasteiger partial charge in [0.25, 0.3) is 5.91 Å². The van der Waals surface area contributed by atoms with Crippen LogP contribution in [-0.4, -0.2) is 33.9 Å². The number of carbonyl (C=O) groups is 2. The molecule has 0 aromatic heterocycles. The topological polar surface area (TPSA) is 40.6 Å². The highest BCUT2D eigenvalue weighted by Crippen LogP contribution is 2.29. The van der Waals surface area contributed by atoms with Crippen molar-refractivity contribution in [1.82, 2.24) is 10.0 Å². The second-order valence-electron chi connectivity index (χ2n) is 5.35. The second-order valence-corrected chi connectivity index (χ2v) is 5.35. The third kappa shape index (κ3) is 2.94. The number of rotatable bonds is 3. The summed E-state index contributed by atoms with van der Waals surface area (Å²) in [5, 5.41) is 3.11. The number of hydrogen-bond acceptors (Lipinski definition) is 3. The molecule has 0 unspecified atom stereocenters. The van der Waals surface area contributed by atoms with Gasteiger partial charge in [-0.05, 0) is 19.8 Å². The molecule has 0 aromatic rings. The van der Waals surface area contributed by atoms with Gasteiger partial charge in [0.1, 0.15) is 0 Å². The Bertz CT molecular complexity index is 345. The normalized spacial score (nSPS) is 20.8. The van der Waals surface area contributed by atoms with Crippen LogP contribution in [-0.2, 0) is 9.59 Å². The van der Waals surface area contributed by atoms with Crippen molar-refractivity contribution in [2.45, 2.75) is 46.6 Å². The minimum Gasteiger partial charge on any atom is -0.273 e. The third-order valence-electron chi connectivity index (χ3n) is 2.89. The minimum atomic E-state index is -0.271. The number of hydrazine groups is 1. The molecule has 17 heavy (non-hydrogen) atoms. The number of allylic oxidation sites excluding steroid dienone is 1. The third-order valence-corrected chi connectivity index (χ3v) is 2.89. The first-order valence-electron chi connectivity index (χ1n) is 6.12. The van der Waals surface area contributed by atoms with Crippen LogP contribution in [0.3, 0.4) is 0 Å². The van der Waals surface area contributed by atoms with E-state index in [1.807, 2.05) is 45.7 Å². The minimum absolute atomic E-state index is 0.116. The van der Waals surface area contributed by atoms with Gasteiger partial charge in [0.05, 0.1) is 0 Å². The Morgan fingerprint density at radius 1 is 1.47 bits per heavy atom. The molecule has 4 nitrogen and oxygen atoms in total. The summed E-state index contributed by atoms with van der Waals surface area (Å²) < 4.78 is 0. The van der Waals surface area contributed by atoms with Gasteiger partial charge in [0, 0.05) is 24.6 Å². The van der Waals surface area contributed by atoms with E-state index < -0.39 is 0 Å². The lowest BCUT2D eigenvalue weighted by Gasteiger charge is -2.33. The van der Waals surface area contributed by atoms with Gasteiger partial charge < -0.3 is 0 Å². The number of carbonyl (C=O) groups excluding carboxylic acids is 2.